The number of amides is 1. The summed E-state index contributed by atoms with van der Waals surface area (Å²) in [6.07, 6.45) is -1.34. The molecule has 3 N–H and O–H groups in total. The lowest BCUT2D eigenvalue weighted by Gasteiger charge is -2.14. The van der Waals surface area contributed by atoms with Crippen LogP contribution in [0.1, 0.15) is 11.7 Å². The zero-order valence-electron chi connectivity index (χ0n) is 9.51. The highest BCUT2D eigenvalue weighted by molar-refractivity contribution is 6.33. The van der Waals surface area contributed by atoms with Crippen molar-refractivity contribution < 1.29 is 9.90 Å². The first-order valence-electron chi connectivity index (χ1n) is 5.42. The van der Waals surface area contributed by atoms with E-state index < -0.39 is 12.0 Å². The third-order valence-electron chi connectivity index (χ3n) is 2.69. The van der Waals surface area contributed by atoms with Gasteiger partial charge in [0, 0.05) is 10.6 Å². The summed E-state index contributed by atoms with van der Waals surface area (Å²) in [6, 6.07) is 14.3. The van der Waals surface area contributed by atoms with E-state index in [-0.39, 0.29) is 0 Å². The van der Waals surface area contributed by atoms with E-state index in [1.807, 2.05) is 24.3 Å². The van der Waals surface area contributed by atoms with Gasteiger partial charge in [-0.25, -0.2) is 0 Å². The summed E-state index contributed by atoms with van der Waals surface area (Å²) in [5.41, 5.74) is 7.05. The third kappa shape index (κ3) is 2.37. The van der Waals surface area contributed by atoms with Gasteiger partial charge in [0.05, 0.1) is 0 Å². The molecule has 1 amide bonds. The maximum atomic E-state index is 11.1. The summed E-state index contributed by atoms with van der Waals surface area (Å²) in [4.78, 5) is 11.1. The molecule has 4 heteroatoms. The molecule has 0 saturated heterocycles. The van der Waals surface area contributed by atoms with E-state index in [2.05, 4.69) is 0 Å². The Balaban J connectivity index is 2.59. The van der Waals surface area contributed by atoms with Crippen LogP contribution in [-0.4, -0.2) is 11.0 Å². The predicted molar refractivity (Wildman–Crippen MR) is 71.0 cm³/mol. The molecule has 0 bridgehead atoms. The van der Waals surface area contributed by atoms with Crippen LogP contribution in [0.25, 0.3) is 11.1 Å². The van der Waals surface area contributed by atoms with Crippen LogP contribution >= 0.6 is 11.6 Å². The van der Waals surface area contributed by atoms with Gasteiger partial charge in [-0.1, -0.05) is 54.1 Å². The minimum atomic E-state index is -1.34. The molecule has 0 radical (unpaired) electrons. The zero-order valence-corrected chi connectivity index (χ0v) is 10.3. The maximum absolute atomic E-state index is 11.1. The number of rotatable bonds is 3. The molecule has 0 aliphatic heterocycles. The van der Waals surface area contributed by atoms with Crippen molar-refractivity contribution in [1.82, 2.24) is 0 Å². The van der Waals surface area contributed by atoms with Crippen LogP contribution < -0.4 is 5.73 Å². The molecule has 18 heavy (non-hydrogen) atoms. The van der Waals surface area contributed by atoms with Crippen LogP contribution in [0.2, 0.25) is 5.02 Å². The highest BCUT2D eigenvalue weighted by Gasteiger charge is 2.18. The Hall–Kier alpha value is -1.84. The average Bonchev–Trinajstić information content (AvgIpc) is 2.38. The molecule has 0 aliphatic carbocycles. The van der Waals surface area contributed by atoms with Crippen LogP contribution in [0, 0.1) is 0 Å². The van der Waals surface area contributed by atoms with Gasteiger partial charge in [0.2, 0.25) is 0 Å². The van der Waals surface area contributed by atoms with Crippen molar-refractivity contribution in [3.63, 3.8) is 0 Å². The number of aliphatic hydroxyl groups is 1. The molecule has 0 heterocycles. The van der Waals surface area contributed by atoms with Gasteiger partial charge >= 0.3 is 0 Å². The summed E-state index contributed by atoms with van der Waals surface area (Å²) < 4.78 is 0. The van der Waals surface area contributed by atoms with Gasteiger partial charge in [0.1, 0.15) is 0 Å². The van der Waals surface area contributed by atoms with Gasteiger partial charge in [0.15, 0.2) is 6.10 Å². The standard InChI is InChI=1S/C14H12ClNO2/c15-12-8-4-3-6-10(12)9-5-1-2-7-11(9)13(17)14(16)18/h1-8,13,17H,(H2,16,18). The van der Waals surface area contributed by atoms with E-state index in [1.54, 1.807) is 24.3 Å². The maximum Gasteiger partial charge on any atom is 0.250 e. The molecule has 0 spiro atoms. The minimum absolute atomic E-state index is 0.457. The molecule has 2 aromatic carbocycles. The molecular weight excluding hydrogens is 250 g/mol. The van der Waals surface area contributed by atoms with Crippen LogP contribution in [0.4, 0.5) is 0 Å². The monoisotopic (exact) mass is 261 g/mol. The van der Waals surface area contributed by atoms with Crippen LogP contribution in [0.15, 0.2) is 48.5 Å². The molecule has 0 saturated carbocycles. The number of hydrogen-bond donors (Lipinski definition) is 2. The Labute approximate surface area is 110 Å². The second kappa shape index (κ2) is 5.21. The summed E-state index contributed by atoms with van der Waals surface area (Å²) in [6.45, 7) is 0. The Bertz CT molecular complexity index is 584. The molecule has 0 aromatic heterocycles. The number of carbonyl (C=O) groups excluding carboxylic acids is 1. The molecule has 1 unspecified atom stereocenters. The number of nitrogens with two attached hydrogens (primary N) is 1. The van der Waals surface area contributed by atoms with Gasteiger partial charge in [-0.3, -0.25) is 4.79 Å². The molecule has 1 atom stereocenters. The molecule has 2 rings (SSSR count). The summed E-state index contributed by atoms with van der Waals surface area (Å²) in [7, 11) is 0. The Morgan fingerprint density at radius 3 is 2.22 bits per heavy atom. The fourth-order valence-corrected chi connectivity index (χ4v) is 2.05. The van der Waals surface area contributed by atoms with E-state index in [0.717, 1.165) is 5.56 Å². The summed E-state index contributed by atoms with van der Waals surface area (Å²) >= 11 is 6.12. The third-order valence-corrected chi connectivity index (χ3v) is 3.02. The van der Waals surface area contributed by atoms with E-state index >= 15 is 0 Å². The van der Waals surface area contributed by atoms with Gasteiger partial charge in [-0.15, -0.1) is 0 Å². The first-order valence-corrected chi connectivity index (χ1v) is 5.80. The van der Waals surface area contributed by atoms with Crippen LogP contribution in [0.5, 0.6) is 0 Å². The van der Waals surface area contributed by atoms with Crippen molar-refractivity contribution in [2.75, 3.05) is 0 Å². The van der Waals surface area contributed by atoms with Crippen molar-refractivity contribution >= 4 is 17.5 Å². The molecule has 92 valence electrons. The van der Waals surface area contributed by atoms with Gasteiger partial charge in [-0.2, -0.15) is 0 Å². The predicted octanol–water partition coefficient (Wildman–Crippen LogP) is 2.53. The van der Waals surface area contributed by atoms with Crippen LogP contribution in [-0.2, 0) is 4.79 Å². The fraction of sp³-hybridized carbons (Fsp3) is 0.0714. The van der Waals surface area contributed by atoms with Crippen molar-refractivity contribution in [1.29, 1.82) is 0 Å². The van der Waals surface area contributed by atoms with E-state index in [0.29, 0.717) is 16.1 Å². The Morgan fingerprint density at radius 1 is 1.06 bits per heavy atom. The van der Waals surface area contributed by atoms with Gasteiger partial charge in [-0.05, 0) is 17.2 Å². The van der Waals surface area contributed by atoms with Gasteiger partial charge < -0.3 is 10.8 Å². The molecule has 0 aliphatic rings. The second-order valence-electron chi connectivity index (χ2n) is 3.87. The van der Waals surface area contributed by atoms with E-state index in [9.17, 15) is 9.90 Å². The first-order chi connectivity index (χ1) is 8.61. The lowest BCUT2D eigenvalue weighted by molar-refractivity contribution is -0.126. The number of carbonyl (C=O) groups is 1. The van der Waals surface area contributed by atoms with Crippen molar-refractivity contribution in [3.05, 3.63) is 59.1 Å². The number of aliphatic hydroxyl groups excluding tert-OH is 1. The van der Waals surface area contributed by atoms with Crippen LogP contribution in [0.3, 0.4) is 0 Å². The lowest BCUT2D eigenvalue weighted by Crippen LogP contribution is -2.21. The first kappa shape index (κ1) is 12.6. The van der Waals surface area contributed by atoms with Gasteiger partial charge in [0.25, 0.3) is 5.91 Å². The van der Waals surface area contributed by atoms with Crippen molar-refractivity contribution in [2.24, 2.45) is 5.73 Å². The highest BCUT2D eigenvalue weighted by atomic mass is 35.5. The smallest absolute Gasteiger partial charge is 0.250 e. The number of primary amides is 1. The average molecular weight is 262 g/mol. The topological polar surface area (TPSA) is 63.3 Å². The minimum Gasteiger partial charge on any atom is -0.378 e. The van der Waals surface area contributed by atoms with Crippen molar-refractivity contribution in [2.45, 2.75) is 6.10 Å². The Kier molecular flexibility index (Phi) is 3.65. The van der Waals surface area contributed by atoms with E-state index in [1.165, 1.54) is 0 Å². The normalized spacial score (nSPS) is 12.1. The molecule has 2 aromatic rings. The Morgan fingerprint density at radius 2 is 1.61 bits per heavy atom. The fourth-order valence-electron chi connectivity index (χ4n) is 1.81. The lowest BCUT2D eigenvalue weighted by atomic mass is 9.96. The number of halogens is 1. The number of hydrogen-bond acceptors (Lipinski definition) is 2. The summed E-state index contributed by atoms with van der Waals surface area (Å²) in [5, 5.41) is 10.4. The van der Waals surface area contributed by atoms with Crippen molar-refractivity contribution in [3.8, 4) is 11.1 Å². The zero-order chi connectivity index (χ0) is 13.1. The largest absolute Gasteiger partial charge is 0.378 e. The second-order valence-corrected chi connectivity index (χ2v) is 4.28. The quantitative estimate of drug-likeness (QED) is 0.892. The molecular formula is C14H12ClNO2. The summed E-state index contributed by atoms with van der Waals surface area (Å²) in [5.74, 6) is -0.783. The number of benzene rings is 2. The highest BCUT2D eigenvalue weighted by Crippen LogP contribution is 2.32. The molecule has 0 fully saturated rings. The van der Waals surface area contributed by atoms with E-state index in [4.69, 9.17) is 17.3 Å². The molecule has 3 nitrogen and oxygen atoms in total. The SMILES string of the molecule is NC(=O)C(O)c1ccccc1-c1ccccc1Cl.